The molecule has 13 heavy (non-hydrogen) atoms. The van der Waals surface area contributed by atoms with Gasteiger partial charge in [0.2, 0.25) is 0 Å². The van der Waals surface area contributed by atoms with Crippen LogP contribution in [0.2, 0.25) is 0 Å². The van der Waals surface area contributed by atoms with E-state index in [1.165, 1.54) is 0 Å². The van der Waals surface area contributed by atoms with E-state index in [4.69, 9.17) is 29.4 Å². The first-order valence-electron chi connectivity index (χ1n) is 1.57. The van der Waals surface area contributed by atoms with Crippen LogP contribution in [-0.2, 0) is 23.6 Å². The van der Waals surface area contributed by atoms with E-state index >= 15 is 0 Å². The first-order valence-corrected chi connectivity index (χ1v) is 6.89. The fourth-order valence-electron chi connectivity index (χ4n) is 0. The van der Waals surface area contributed by atoms with Crippen molar-refractivity contribution >= 4 is 49.5 Å². The predicted molar refractivity (Wildman–Crippen MR) is 62.6 cm³/mol. The van der Waals surface area contributed by atoms with Gasteiger partial charge in [0.15, 0.2) is 0 Å². The third-order valence-corrected chi connectivity index (χ3v) is 0. The first-order chi connectivity index (χ1) is 4.00. The summed E-state index contributed by atoms with van der Waals surface area (Å²) in [6.07, 6.45) is 0. The Hall–Kier alpha value is 1.35. The summed E-state index contributed by atoms with van der Waals surface area (Å²) in [7, 11) is 0. The van der Waals surface area contributed by atoms with Crippen LogP contribution < -0.4 is 0 Å². The van der Waals surface area contributed by atoms with Gasteiger partial charge in [0, 0.05) is 0 Å². The molecule has 6 nitrogen and oxygen atoms in total. The lowest BCUT2D eigenvalue weighted by atomic mass is 12.0. The SMILES string of the molecule is C.C.Cl.OP(O)(O)=S.OP(O)(O)=S. The van der Waals surface area contributed by atoms with Gasteiger partial charge in [0.1, 0.15) is 0 Å². The Labute approximate surface area is 93.8 Å². The highest BCUT2D eigenvalue weighted by Crippen LogP contribution is 2.26. The standard InChI is InChI=1S/2CH4.ClH.2H3O3PS/c;;;2*1-4(2,3)5/h2*1H4;1H;2*(H3,1,2,3,5). The van der Waals surface area contributed by atoms with Crippen molar-refractivity contribution in [1.29, 1.82) is 0 Å². The molecule has 0 aliphatic rings. The summed E-state index contributed by atoms with van der Waals surface area (Å²) >= 11 is 7.21. The molecule has 0 aromatic carbocycles. The summed E-state index contributed by atoms with van der Waals surface area (Å²) in [6, 6.07) is 0. The van der Waals surface area contributed by atoms with Crippen LogP contribution in [0.1, 0.15) is 14.9 Å². The van der Waals surface area contributed by atoms with Crippen LogP contribution in [-0.4, -0.2) is 29.4 Å². The number of rotatable bonds is 0. The molecule has 0 spiro atoms. The molecule has 0 radical (unpaired) electrons. The molecule has 0 amide bonds. The normalized spacial score (nSPS) is 9.08. The van der Waals surface area contributed by atoms with Gasteiger partial charge in [-0.15, -0.1) is 12.4 Å². The van der Waals surface area contributed by atoms with Crippen molar-refractivity contribution in [3.05, 3.63) is 0 Å². The highest BCUT2D eigenvalue weighted by molar-refractivity contribution is 8.06. The molecule has 0 aliphatic heterocycles. The zero-order valence-corrected chi connectivity index (χ0v) is 9.04. The van der Waals surface area contributed by atoms with E-state index in [9.17, 15) is 0 Å². The zero-order chi connectivity index (χ0) is 9.00. The summed E-state index contributed by atoms with van der Waals surface area (Å²) in [5, 5.41) is 0. The lowest BCUT2D eigenvalue weighted by Crippen LogP contribution is -1.65. The largest absolute Gasteiger partial charge is 0.325 e. The molecule has 0 fully saturated rings. The Morgan fingerprint density at radius 1 is 0.615 bits per heavy atom. The molecule has 0 aliphatic carbocycles. The van der Waals surface area contributed by atoms with Crippen LogP contribution in [0.25, 0.3) is 0 Å². The van der Waals surface area contributed by atoms with Gasteiger partial charge in [-0.05, 0) is 23.6 Å². The van der Waals surface area contributed by atoms with Gasteiger partial charge in [-0.1, -0.05) is 14.9 Å². The molecule has 6 N–H and O–H groups in total. The first kappa shape index (κ1) is 29.3. The maximum atomic E-state index is 7.56. The second-order valence-corrected chi connectivity index (χ2v) is 6.02. The molecule has 0 unspecified atom stereocenters. The van der Waals surface area contributed by atoms with Gasteiger partial charge in [0.05, 0.1) is 0 Å². The molecule has 0 bridgehead atoms. The Kier molecular flexibility index (Phi) is 25.7. The second-order valence-electron chi connectivity index (χ2n) is 1.03. The van der Waals surface area contributed by atoms with Gasteiger partial charge in [-0.2, -0.15) is 0 Å². The van der Waals surface area contributed by atoms with Crippen LogP contribution in [0.3, 0.4) is 0 Å². The van der Waals surface area contributed by atoms with Gasteiger partial charge in [-0.3, -0.25) is 0 Å². The van der Waals surface area contributed by atoms with Crippen molar-refractivity contribution in [3.63, 3.8) is 0 Å². The van der Waals surface area contributed by atoms with Crippen molar-refractivity contribution in [3.8, 4) is 0 Å². The van der Waals surface area contributed by atoms with Crippen molar-refractivity contribution < 1.29 is 29.4 Å². The molecule has 0 heterocycles. The average molecular weight is 297 g/mol. The van der Waals surface area contributed by atoms with Crippen LogP contribution in [0.4, 0.5) is 0 Å². The van der Waals surface area contributed by atoms with E-state index in [1.54, 1.807) is 0 Å². The highest BCUT2D eigenvalue weighted by atomic mass is 35.5. The third kappa shape index (κ3) is 944. The van der Waals surface area contributed by atoms with Crippen molar-refractivity contribution in [2.45, 2.75) is 14.9 Å². The van der Waals surface area contributed by atoms with E-state index in [-0.39, 0.29) is 27.3 Å². The van der Waals surface area contributed by atoms with Gasteiger partial charge >= 0.3 is 13.4 Å². The van der Waals surface area contributed by atoms with E-state index in [2.05, 4.69) is 23.6 Å². The maximum absolute atomic E-state index is 7.56. The van der Waals surface area contributed by atoms with Gasteiger partial charge in [-0.25, -0.2) is 0 Å². The van der Waals surface area contributed by atoms with Crippen LogP contribution in [0, 0.1) is 0 Å². The Balaban J connectivity index is -0.0000000267. The average Bonchev–Trinajstić information content (AvgIpc) is 1.12. The summed E-state index contributed by atoms with van der Waals surface area (Å²) in [5.74, 6) is 0. The van der Waals surface area contributed by atoms with E-state index in [1.807, 2.05) is 0 Å². The Morgan fingerprint density at radius 2 is 0.615 bits per heavy atom. The minimum Gasteiger partial charge on any atom is -0.325 e. The van der Waals surface area contributed by atoms with Crippen LogP contribution >= 0.6 is 25.8 Å². The minimum absolute atomic E-state index is 0. The van der Waals surface area contributed by atoms with Crippen molar-refractivity contribution in [2.24, 2.45) is 0 Å². The number of hydrogen-bond acceptors (Lipinski definition) is 2. The summed E-state index contributed by atoms with van der Waals surface area (Å²) in [4.78, 5) is 45.3. The summed E-state index contributed by atoms with van der Waals surface area (Å²) in [6.45, 7) is -7.61. The van der Waals surface area contributed by atoms with Gasteiger partial charge in [0.25, 0.3) is 0 Å². The molecular formula is C2H15ClO6P2S2. The van der Waals surface area contributed by atoms with E-state index in [0.29, 0.717) is 0 Å². The third-order valence-electron chi connectivity index (χ3n) is 0. The quantitative estimate of drug-likeness (QED) is 0.347. The predicted octanol–water partition coefficient (Wildman–Crippen LogP) is 0.0696. The molecule has 0 atom stereocenters. The topological polar surface area (TPSA) is 121 Å². The van der Waals surface area contributed by atoms with Crippen LogP contribution in [0.5, 0.6) is 0 Å². The fourth-order valence-corrected chi connectivity index (χ4v) is 0. The molecule has 0 aromatic heterocycles. The molecule has 0 aromatic rings. The number of halogens is 1. The number of hydrogen-bond donors (Lipinski definition) is 6. The molecule has 0 rings (SSSR count). The molecule has 11 heteroatoms. The summed E-state index contributed by atoms with van der Waals surface area (Å²) in [5.41, 5.74) is 0. The van der Waals surface area contributed by atoms with Crippen molar-refractivity contribution in [2.75, 3.05) is 0 Å². The zero-order valence-electron chi connectivity index (χ0n) is 4.80. The van der Waals surface area contributed by atoms with E-state index in [0.717, 1.165) is 0 Å². The second kappa shape index (κ2) is 11.4. The van der Waals surface area contributed by atoms with Crippen molar-refractivity contribution in [1.82, 2.24) is 0 Å². The molecule has 0 saturated heterocycles. The molecule has 0 saturated carbocycles. The lowest BCUT2D eigenvalue weighted by Gasteiger charge is -1.88. The monoisotopic (exact) mass is 296 g/mol. The molecule has 88 valence electrons. The van der Waals surface area contributed by atoms with Crippen LogP contribution in [0.15, 0.2) is 0 Å². The smallest absolute Gasteiger partial charge is 0.319 e. The van der Waals surface area contributed by atoms with Gasteiger partial charge < -0.3 is 29.4 Å². The highest BCUT2D eigenvalue weighted by Gasteiger charge is 1.92. The Bertz CT molecular complexity index is 139. The lowest BCUT2D eigenvalue weighted by molar-refractivity contribution is 0.361. The maximum Gasteiger partial charge on any atom is 0.319 e. The summed E-state index contributed by atoms with van der Waals surface area (Å²) < 4.78 is 0. The molecular weight excluding hydrogens is 282 g/mol. The fraction of sp³-hybridized carbons (Fsp3) is 1.00. The Morgan fingerprint density at radius 3 is 0.615 bits per heavy atom. The minimum atomic E-state index is -3.81. The van der Waals surface area contributed by atoms with E-state index < -0.39 is 13.4 Å².